The molecule has 0 radical (unpaired) electrons. The van der Waals surface area contributed by atoms with Crippen molar-refractivity contribution in [3.05, 3.63) is 41.0 Å². The fourth-order valence-corrected chi connectivity index (χ4v) is 4.33. The molecule has 2 aromatic rings. The van der Waals surface area contributed by atoms with E-state index in [1.54, 1.807) is 19.9 Å². The predicted molar refractivity (Wildman–Crippen MR) is 132 cm³/mol. The van der Waals surface area contributed by atoms with Crippen molar-refractivity contribution < 1.29 is 14.1 Å². The average molecular weight is 470 g/mol. The number of hydrogen-bond acceptors (Lipinski definition) is 6. The third-order valence-electron chi connectivity index (χ3n) is 6.26. The van der Waals surface area contributed by atoms with Crippen LogP contribution >= 0.6 is 0 Å². The van der Waals surface area contributed by atoms with Crippen LogP contribution in [0.25, 0.3) is 0 Å². The second kappa shape index (κ2) is 12.6. The molecule has 0 saturated carbocycles. The van der Waals surface area contributed by atoms with Gasteiger partial charge >= 0.3 is 0 Å². The van der Waals surface area contributed by atoms with Gasteiger partial charge in [0.05, 0.1) is 6.54 Å². The van der Waals surface area contributed by atoms with E-state index in [0.717, 1.165) is 50.1 Å². The molecule has 2 amide bonds. The molecule has 1 aromatic carbocycles. The summed E-state index contributed by atoms with van der Waals surface area (Å²) < 4.78 is 4.97. The van der Waals surface area contributed by atoms with E-state index in [2.05, 4.69) is 34.2 Å². The van der Waals surface area contributed by atoms with Crippen LogP contribution in [0.2, 0.25) is 0 Å². The number of carbonyl (C=O) groups excluding carboxylic acids is 2. The van der Waals surface area contributed by atoms with E-state index in [9.17, 15) is 9.59 Å². The van der Waals surface area contributed by atoms with Gasteiger partial charge in [0.25, 0.3) is 5.91 Å². The van der Waals surface area contributed by atoms with Crippen molar-refractivity contribution in [2.24, 2.45) is 5.92 Å². The number of aromatic nitrogens is 2. The molecule has 1 aliphatic heterocycles. The highest BCUT2D eigenvalue weighted by atomic mass is 16.5. The molecule has 0 fully saturated rings. The lowest BCUT2D eigenvalue weighted by Crippen LogP contribution is -2.33. The van der Waals surface area contributed by atoms with Crippen LogP contribution in [0, 0.1) is 12.8 Å². The Morgan fingerprint density at radius 2 is 1.85 bits per heavy atom. The standard InChI is InChI=1S/C26H39N5O3/c1-19(2)12-15-30-13-8-6-5-7-9-14-31(21(4)32)24-11-10-22(16-23(24)18-30)26(33)27-17-25-28-20(3)34-29-25/h10-11,16,19H,5-9,12-15,17-18H2,1-4H3,(H,27,33). The van der Waals surface area contributed by atoms with E-state index in [1.807, 2.05) is 17.0 Å². The number of nitrogens with zero attached hydrogens (tertiary/aromatic N) is 4. The van der Waals surface area contributed by atoms with Gasteiger partial charge in [0.1, 0.15) is 0 Å². The van der Waals surface area contributed by atoms with Crippen LogP contribution in [-0.4, -0.2) is 46.5 Å². The van der Waals surface area contributed by atoms with Crippen molar-refractivity contribution >= 4 is 17.5 Å². The highest BCUT2D eigenvalue weighted by Crippen LogP contribution is 2.26. The summed E-state index contributed by atoms with van der Waals surface area (Å²) in [6.45, 7) is 11.5. The molecule has 0 aliphatic carbocycles. The summed E-state index contributed by atoms with van der Waals surface area (Å²) >= 11 is 0. The van der Waals surface area contributed by atoms with E-state index >= 15 is 0 Å². The smallest absolute Gasteiger partial charge is 0.251 e. The lowest BCUT2D eigenvalue weighted by Gasteiger charge is -2.29. The molecule has 1 aromatic heterocycles. The first kappa shape index (κ1) is 25.9. The van der Waals surface area contributed by atoms with Crippen molar-refractivity contribution in [1.82, 2.24) is 20.4 Å². The molecule has 1 N–H and O–H groups in total. The first-order valence-corrected chi connectivity index (χ1v) is 12.5. The predicted octanol–water partition coefficient (Wildman–Crippen LogP) is 4.47. The summed E-state index contributed by atoms with van der Waals surface area (Å²) in [6.07, 6.45) is 6.83. The Labute approximate surface area is 203 Å². The van der Waals surface area contributed by atoms with Crippen molar-refractivity contribution in [3.8, 4) is 0 Å². The molecule has 2 heterocycles. The zero-order valence-corrected chi connectivity index (χ0v) is 21.1. The number of rotatable bonds is 6. The molecular formula is C26H39N5O3. The molecule has 8 heteroatoms. The quantitative estimate of drug-likeness (QED) is 0.671. The van der Waals surface area contributed by atoms with Gasteiger partial charge in [0.2, 0.25) is 11.8 Å². The normalized spacial score (nSPS) is 16.0. The third-order valence-corrected chi connectivity index (χ3v) is 6.26. The maximum absolute atomic E-state index is 12.9. The van der Waals surface area contributed by atoms with Crippen LogP contribution in [-0.2, 0) is 17.9 Å². The molecule has 34 heavy (non-hydrogen) atoms. The topological polar surface area (TPSA) is 91.6 Å². The highest BCUT2D eigenvalue weighted by Gasteiger charge is 2.20. The average Bonchev–Trinajstić information content (AvgIpc) is 3.21. The van der Waals surface area contributed by atoms with Crippen molar-refractivity contribution in [2.45, 2.75) is 79.3 Å². The Hall–Kier alpha value is -2.74. The zero-order chi connectivity index (χ0) is 24.5. The number of carbonyl (C=O) groups is 2. The van der Waals surface area contributed by atoms with Crippen LogP contribution in [0.1, 0.15) is 86.9 Å². The molecule has 186 valence electrons. The van der Waals surface area contributed by atoms with Gasteiger partial charge in [-0.3, -0.25) is 14.5 Å². The van der Waals surface area contributed by atoms with Crippen LogP contribution in [0.4, 0.5) is 5.69 Å². The minimum absolute atomic E-state index is 0.0386. The monoisotopic (exact) mass is 469 g/mol. The largest absolute Gasteiger partial charge is 0.345 e. The number of aryl methyl sites for hydroxylation is 1. The molecular weight excluding hydrogens is 430 g/mol. The fraction of sp³-hybridized carbons (Fsp3) is 0.615. The fourth-order valence-electron chi connectivity index (χ4n) is 4.33. The van der Waals surface area contributed by atoms with Crippen molar-refractivity contribution in [1.29, 1.82) is 0 Å². The molecule has 0 bridgehead atoms. The van der Waals surface area contributed by atoms with E-state index in [0.29, 0.717) is 29.7 Å². The molecule has 0 unspecified atom stereocenters. The number of benzene rings is 1. The van der Waals surface area contributed by atoms with E-state index in [1.165, 1.54) is 19.3 Å². The summed E-state index contributed by atoms with van der Waals surface area (Å²) in [4.78, 5) is 34.0. The molecule has 0 atom stereocenters. The summed E-state index contributed by atoms with van der Waals surface area (Å²) in [7, 11) is 0. The first-order chi connectivity index (χ1) is 16.3. The maximum Gasteiger partial charge on any atom is 0.251 e. The number of hydrogen-bond donors (Lipinski definition) is 1. The second-order valence-corrected chi connectivity index (χ2v) is 9.65. The van der Waals surface area contributed by atoms with E-state index in [4.69, 9.17) is 4.52 Å². The molecule has 8 nitrogen and oxygen atoms in total. The molecule has 3 rings (SSSR count). The van der Waals surface area contributed by atoms with Crippen molar-refractivity contribution in [3.63, 3.8) is 0 Å². The van der Waals surface area contributed by atoms with Gasteiger partial charge in [-0.2, -0.15) is 4.98 Å². The number of fused-ring (bicyclic) bond motifs is 1. The molecule has 1 aliphatic rings. The number of nitrogens with one attached hydrogen (secondary N) is 1. The minimum Gasteiger partial charge on any atom is -0.345 e. The van der Waals surface area contributed by atoms with Crippen LogP contribution in [0.3, 0.4) is 0 Å². The van der Waals surface area contributed by atoms with E-state index < -0.39 is 0 Å². The number of amides is 2. The minimum atomic E-state index is -0.195. The number of anilines is 1. The summed E-state index contributed by atoms with van der Waals surface area (Å²) in [6, 6.07) is 5.67. The molecule has 0 saturated heterocycles. The van der Waals surface area contributed by atoms with Gasteiger partial charge in [-0.1, -0.05) is 38.3 Å². The Balaban J connectivity index is 1.87. The van der Waals surface area contributed by atoms with Crippen LogP contribution in [0.15, 0.2) is 22.7 Å². The van der Waals surface area contributed by atoms with Crippen molar-refractivity contribution in [2.75, 3.05) is 24.5 Å². The summed E-state index contributed by atoms with van der Waals surface area (Å²) in [5.41, 5.74) is 2.49. The Bertz CT molecular complexity index is 956. The SMILES string of the molecule is CC(=O)N1CCCCCCCN(CCC(C)C)Cc2cc(C(=O)NCc3noc(C)n3)ccc21. The van der Waals surface area contributed by atoms with Crippen LogP contribution in [0.5, 0.6) is 0 Å². The van der Waals surface area contributed by atoms with Gasteiger partial charge in [-0.15, -0.1) is 0 Å². The Morgan fingerprint density at radius 3 is 2.53 bits per heavy atom. The lowest BCUT2D eigenvalue weighted by atomic mass is 10.0. The first-order valence-electron chi connectivity index (χ1n) is 12.5. The molecule has 0 spiro atoms. The highest BCUT2D eigenvalue weighted by molar-refractivity contribution is 5.97. The Morgan fingerprint density at radius 1 is 1.12 bits per heavy atom. The van der Waals surface area contributed by atoms with Gasteiger partial charge in [0, 0.05) is 38.2 Å². The zero-order valence-electron chi connectivity index (χ0n) is 21.1. The summed E-state index contributed by atoms with van der Waals surface area (Å²) in [5.74, 6) is 1.38. The summed E-state index contributed by atoms with van der Waals surface area (Å²) in [5, 5.41) is 6.70. The lowest BCUT2D eigenvalue weighted by molar-refractivity contribution is -0.116. The third kappa shape index (κ3) is 7.65. The maximum atomic E-state index is 12.9. The Kier molecular flexibility index (Phi) is 9.62. The van der Waals surface area contributed by atoms with Gasteiger partial charge < -0.3 is 14.7 Å². The van der Waals surface area contributed by atoms with Gasteiger partial charge in [-0.25, -0.2) is 0 Å². The van der Waals surface area contributed by atoms with Gasteiger partial charge in [-0.05, 0) is 62.0 Å². The van der Waals surface area contributed by atoms with Gasteiger partial charge in [0.15, 0.2) is 5.82 Å². The van der Waals surface area contributed by atoms with Crippen LogP contribution < -0.4 is 10.2 Å². The van der Waals surface area contributed by atoms with E-state index in [-0.39, 0.29) is 18.4 Å². The second-order valence-electron chi connectivity index (χ2n) is 9.65.